The Hall–Kier alpha value is -1.61. The minimum absolute atomic E-state index is 0.208. The SMILES string of the molecule is CCc1ccc2[nH]c(C)c(CN3CCC[C@@H](C)C3)c(=O)c2c1. The summed E-state index contributed by atoms with van der Waals surface area (Å²) in [5.74, 6) is 0.736. The van der Waals surface area contributed by atoms with Gasteiger partial charge in [0.15, 0.2) is 5.43 Å². The summed E-state index contributed by atoms with van der Waals surface area (Å²) in [5.41, 5.74) is 4.34. The van der Waals surface area contributed by atoms with E-state index in [9.17, 15) is 4.79 Å². The van der Waals surface area contributed by atoms with Crippen LogP contribution in [0.5, 0.6) is 0 Å². The number of aromatic amines is 1. The number of hydrogen-bond donors (Lipinski definition) is 1. The number of benzene rings is 1. The van der Waals surface area contributed by atoms with Crippen LogP contribution in [0, 0.1) is 12.8 Å². The van der Waals surface area contributed by atoms with Gasteiger partial charge in [-0.15, -0.1) is 0 Å². The van der Waals surface area contributed by atoms with Crippen LogP contribution in [0.2, 0.25) is 0 Å². The van der Waals surface area contributed by atoms with E-state index in [-0.39, 0.29) is 5.43 Å². The highest BCUT2D eigenvalue weighted by Crippen LogP contribution is 2.19. The highest BCUT2D eigenvalue weighted by Gasteiger charge is 2.19. The number of aromatic nitrogens is 1. The van der Waals surface area contributed by atoms with Crippen molar-refractivity contribution in [3.05, 3.63) is 45.2 Å². The van der Waals surface area contributed by atoms with Crippen LogP contribution in [0.25, 0.3) is 10.9 Å². The van der Waals surface area contributed by atoms with Crippen LogP contribution in [-0.2, 0) is 13.0 Å². The third kappa shape index (κ3) is 2.95. The zero-order valence-corrected chi connectivity index (χ0v) is 13.9. The molecule has 2 aromatic rings. The molecule has 1 saturated heterocycles. The van der Waals surface area contributed by atoms with Crippen molar-refractivity contribution in [3.63, 3.8) is 0 Å². The summed E-state index contributed by atoms with van der Waals surface area (Å²) in [7, 11) is 0. The average Bonchev–Trinajstić information content (AvgIpc) is 2.51. The van der Waals surface area contributed by atoms with Gasteiger partial charge in [0.25, 0.3) is 0 Å². The van der Waals surface area contributed by atoms with Crippen molar-refractivity contribution in [1.82, 2.24) is 9.88 Å². The van der Waals surface area contributed by atoms with Gasteiger partial charge in [0.2, 0.25) is 0 Å². The van der Waals surface area contributed by atoms with Crippen molar-refractivity contribution in [2.45, 2.75) is 46.6 Å². The first-order valence-corrected chi connectivity index (χ1v) is 8.45. The molecule has 0 saturated carbocycles. The predicted molar refractivity (Wildman–Crippen MR) is 92.4 cm³/mol. The zero-order chi connectivity index (χ0) is 15.7. The summed E-state index contributed by atoms with van der Waals surface area (Å²) in [5, 5.41) is 0.838. The smallest absolute Gasteiger partial charge is 0.194 e. The van der Waals surface area contributed by atoms with Crippen molar-refractivity contribution in [2.24, 2.45) is 5.92 Å². The van der Waals surface area contributed by atoms with Gasteiger partial charge in [0.05, 0.1) is 0 Å². The van der Waals surface area contributed by atoms with Gasteiger partial charge in [0.1, 0.15) is 0 Å². The first-order chi connectivity index (χ1) is 10.6. The number of H-pyrrole nitrogens is 1. The maximum atomic E-state index is 12.9. The molecule has 22 heavy (non-hydrogen) atoms. The van der Waals surface area contributed by atoms with E-state index in [0.717, 1.165) is 54.1 Å². The third-order valence-electron chi connectivity index (χ3n) is 4.91. The molecule has 1 aromatic carbocycles. The van der Waals surface area contributed by atoms with Crippen LogP contribution in [0.1, 0.15) is 43.5 Å². The lowest BCUT2D eigenvalue weighted by atomic mass is 9.99. The van der Waals surface area contributed by atoms with E-state index in [4.69, 9.17) is 0 Å². The van der Waals surface area contributed by atoms with E-state index in [2.05, 4.69) is 35.9 Å². The van der Waals surface area contributed by atoms with Crippen LogP contribution in [0.4, 0.5) is 0 Å². The molecule has 1 atom stereocenters. The van der Waals surface area contributed by atoms with Gasteiger partial charge in [-0.1, -0.05) is 19.9 Å². The Kier molecular flexibility index (Phi) is 4.34. The number of pyridine rings is 1. The Labute approximate surface area is 132 Å². The maximum absolute atomic E-state index is 12.9. The van der Waals surface area contributed by atoms with Crippen LogP contribution < -0.4 is 5.43 Å². The van der Waals surface area contributed by atoms with Gasteiger partial charge < -0.3 is 4.98 Å². The summed E-state index contributed by atoms with van der Waals surface area (Å²) in [6.45, 7) is 9.44. The van der Waals surface area contributed by atoms with Crippen molar-refractivity contribution in [2.75, 3.05) is 13.1 Å². The number of aryl methyl sites for hydroxylation is 2. The number of nitrogens with zero attached hydrogens (tertiary/aromatic N) is 1. The minimum atomic E-state index is 0.208. The van der Waals surface area contributed by atoms with Crippen LogP contribution >= 0.6 is 0 Å². The fourth-order valence-corrected chi connectivity index (χ4v) is 3.56. The quantitative estimate of drug-likeness (QED) is 0.939. The molecule has 2 heterocycles. The summed E-state index contributed by atoms with van der Waals surface area (Å²) in [6.07, 6.45) is 3.51. The van der Waals surface area contributed by atoms with Gasteiger partial charge in [0, 0.05) is 35.2 Å². The fourth-order valence-electron chi connectivity index (χ4n) is 3.56. The maximum Gasteiger partial charge on any atom is 0.194 e. The highest BCUT2D eigenvalue weighted by molar-refractivity contribution is 5.80. The van der Waals surface area contributed by atoms with Gasteiger partial charge in [-0.25, -0.2) is 0 Å². The Morgan fingerprint density at radius 2 is 2.18 bits per heavy atom. The van der Waals surface area contributed by atoms with Crippen molar-refractivity contribution < 1.29 is 0 Å². The molecule has 1 aromatic heterocycles. The number of fused-ring (bicyclic) bond motifs is 1. The van der Waals surface area contributed by atoms with E-state index in [1.165, 1.54) is 18.4 Å². The molecule has 1 N–H and O–H groups in total. The summed E-state index contributed by atoms with van der Waals surface area (Å²) >= 11 is 0. The molecule has 3 heteroatoms. The second kappa shape index (κ2) is 6.25. The number of hydrogen-bond acceptors (Lipinski definition) is 2. The first-order valence-electron chi connectivity index (χ1n) is 8.45. The van der Waals surface area contributed by atoms with Gasteiger partial charge in [-0.2, -0.15) is 0 Å². The van der Waals surface area contributed by atoms with Crippen LogP contribution in [0.3, 0.4) is 0 Å². The summed E-state index contributed by atoms with van der Waals surface area (Å²) in [4.78, 5) is 18.8. The Balaban J connectivity index is 1.99. The lowest BCUT2D eigenvalue weighted by Crippen LogP contribution is -2.35. The topological polar surface area (TPSA) is 36.1 Å². The summed E-state index contributed by atoms with van der Waals surface area (Å²) in [6, 6.07) is 6.19. The molecular formula is C19H26N2O. The third-order valence-corrected chi connectivity index (χ3v) is 4.91. The monoisotopic (exact) mass is 298 g/mol. The molecule has 0 bridgehead atoms. The Morgan fingerprint density at radius 1 is 1.36 bits per heavy atom. The van der Waals surface area contributed by atoms with Crippen LogP contribution in [0.15, 0.2) is 23.0 Å². The summed E-state index contributed by atoms with van der Waals surface area (Å²) < 4.78 is 0. The van der Waals surface area contributed by atoms with E-state index >= 15 is 0 Å². The van der Waals surface area contributed by atoms with E-state index < -0.39 is 0 Å². The van der Waals surface area contributed by atoms with E-state index in [0.29, 0.717) is 0 Å². The molecule has 1 aliphatic heterocycles. The molecule has 118 valence electrons. The largest absolute Gasteiger partial charge is 0.358 e. The van der Waals surface area contributed by atoms with Crippen molar-refractivity contribution in [1.29, 1.82) is 0 Å². The highest BCUT2D eigenvalue weighted by atomic mass is 16.1. The van der Waals surface area contributed by atoms with Gasteiger partial charge in [-0.3, -0.25) is 9.69 Å². The molecular weight excluding hydrogens is 272 g/mol. The normalized spacial score (nSPS) is 19.7. The van der Waals surface area contributed by atoms with Gasteiger partial charge >= 0.3 is 0 Å². The Morgan fingerprint density at radius 3 is 2.91 bits per heavy atom. The predicted octanol–water partition coefficient (Wildman–Crippen LogP) is 3.63. The zero-order valence-electron chi connectivity index (χ0n) is 13.9. The Bertz CT molecular complexity index is 732. The molecule has 3 rings (SSSR count). The minimum Gasteiger partial charge on any atom is -0.358 e. The van der Waals surface area contributed by atoms with Crippen molar-refractivity contribution in [3.8, 4) is 0 Å². The molecule has 0 unspecified atom stereocenters. The second-order valence-corrected chi connectivity index (χ2v) is 6.77. The molecule has 3 nitrogen and oxygen atoms in total. The standard InChI is InChI=1S/C19H26N2O/c1-4-15-7-8-18-16(10-15)19(22)17(14(3)20-18)12-21-9-5-6-13(2)11-21/h7-8,10,13H,4-6,9,11-12H2,1-3H3,(H,20,22)/t13-/m1/s1. The molecule has 0 radical (unpaired) electrons. The number of likely N-dealkylation sites (tertiary alicyclic amines) is 1. The number of piperidine rings is 1. The fraction of sp³-hybridized carbons (Fsp3) is 0.526. The molecule has 0 aliphatic carbocycles. The number of rotatable bonds is 3. The average molecular weight is 298 g/mol. The van der Waals surface area contributed by atoms with Crippen LogP contribution in [-0.4, -0.2) is 23.0 Å². The van der Waals surface area contributed by atoms with E-state index in [1.807, 2.05) is 13.0 Å². The molecule has 1 aliphatic rings. The van der Waals surface area contributed by atoms with Crippen molar-refractivity contribution >= 4 is 10.9 Å². The molecule has 0 amide bonds. The second-order valence-electron chi connectivity index (χ2n) is 6.77. The lowest BCUT2D eigenvalue weighted by molar-refractivity contribution is 0.176. The van der Waals surface area contributed by atoms with E-state index in [1.54, 1.807) is 0 Å². The first kappa shape index (κ1) is 15.3. The molecule has 1 fully saturated rings. The van der Waals surface area contributed by atoms with Gasteiger partial charge in [-0.05, 0) is 56.3 Å². The number of nitrogens with one attached hydrogen (secondary N) is 1. The lowest BCUT2D eigenvalue weighted by Gasteiger charge is -2.31. The molecule has 0 spiro atoms.